The molecule has 0 saturated carbocycles. The molecule has 0 spiro atoms. The summed E-state index contributed by atoms with van der Waals surface area (Å²) < 4.78 is 29.6. The van der Waals surface area contributed by atoms with Crippen LogP contribution in [0.1, 0.15) is 17.1 Å². The summed E-state index contributed by atoms with van der Waals surface area (Å²) in [5.74, 6) is 0. The highest BCUT2D eigenvalue weighted by Crippen LogP contribution is 2.22. The van der Waals surface area contributed by atoms with E-state index in [1.165, 1.54) is 0 Å². The monoisotopic (exact) mass is 342 g/mol. The van der Waals surface area contributed by atoms with Crippen LogP contribution >= 0.6 is 0 Å². The van der Waals surface area contributed by atoms with Crippen LogP contribution in [0.2, 0.25) is 0 Å². The van der Waals surface area contributed by atoms with Gasteiger partial charge in [0.2, 0.25) is 10.0 Å². The second-order valence-corrected chi connectivity index (χ2v) is 7.10. The maximum atomic E-state index is 12.7. The quantitative estimate of drug-likeness (QED) is 0.772. The van der Waals surface area contributed by atoms with E-state index in [2.05, 4.69) is 14.8 Å². The predicted octanol–water partition coefficient (Wildman–Crippen LogP) is 2.36. The van der Waals surface area contributed by atoms with Gasteiger partial charge in [-0.3, -0.25) is 4.98 Å². The summed E-state index contributed by atoms with van der Waals surface area (Å²) in [4.78, 5) is 4.34. The first-order chi connectivity index (χ1) is 11.5. The minimum absolute atomic E-state index is 0.137. The van der Waals surface area contributed by atoms with Crippen LogP contribution in [0.15, 0.2) is 59.6 Å². The lowest BCUT2D eigenvalue weighted by Crippen LogP contribution is -2.24. The second kappa shape index (κ2) is 6.54. The lowest BCUT2D eigenvalue weighted by atomic mass is 10.3. The highest BCUT2D eigenvalue weighted by atomic mass is 32.2. The normalized spacial score (nSPS) is 11.6. The van der Waals surface area contributed by atoms with Gasteiger partial charge in [0, 0.05) is 6.20 Å². The fraction of sp³-hybridized carbons (Fsp3) is 0.176. The zero-order chi connectivity index (χ0) is 17.2. The van der Waals surface area contributed by atoms with Gasteiger partial charge in [0.15, 0.2) is 0 Å². The zero-order valence-corrected chi connectivity index (χ0v) is 14.3. The maximum absolute atomic E-state index is 12.7. The number of aryl methyl sites for hydroxylation is 1. The van der Waals surface area contributed by atoms with Gasteiger partial charge in [-0.25, -0.2) is 17.8 Å². The van der Waals surface area contributed by atoms with Gasteiger partial charge >= 0.3 is 0 Å². The molecular weight excluding hydrogens is 324 g/mol. The van der Waals surface area contributed by atoms with Crippen LogP contribution in [0.3, 0.4) is 0 Å². The van der Waals surface area contributed by atoms with Crippen molar-refractivity contribution < 1.29 is 8.42 Å². The van der Waals surface area contributed by atoms with Gasteiger partial charge < -0.3 is 0 Å². The molecule has 7 heteroatoms. The Morgan fingerprint density at radius 3 is 2.42 bits per heavy atom. The molecule has 6 nitrogen and oxygen atoms in total. The predicted molar refractivity (Wildman–Crippen MR) is 91.3 cm³/mol. The highest BCUT2D eigenvalue weighted by Gasteiger charge is 2.24. The average Bonchev–Trinajstić information content (AvgIpc) is 2.90. The molecule has 1 aromatic carbocycles. The van der Waals surface area contributed by atoms with Crippen molar-refractivity contribution in [2.75, 3.05) is 0 Å². The minimum Gasteiger partial charge on any atom is -0.260 e. The van der Waals surface area contributed by atoms with Crippen LogP contribution in [0, 0.1) is 13.8 Å². The van der Waals surface area contributed by atoms with Gasteiger partial charge in [-0.05, 0) is 38.1 Å². The molecule has 0 saturated heterocycles. The van der Waals surface area contributed by atoms with Gasteiger partial charge in [-0.2, -0.15) is 5.10 Å². The zero-order valence-electron chi connectivity index (χ0n) is 13.5. The smallest absolute Gasteiger partial charge is 0.244 e. The minimum atomic E-state index is -3.68. The van der Waals surface area contributed by atoms with E-state index < -0.39 is 10.0 Å². The molecule has 0 radical (unpaired) electrons. The van der Waals surface area contributed by atoms with E-state index in [4.69, 9.17) is 0 Å². The van der Waals surface area contributed by atoms with Gasteiger partial charge in [0.25, 0.3) is 0 Å². The van der Waals surface area contributed by atoms with Gasteiger partial charge in [-0.15, -0.1) is 0 Å². The molecule has 0 atom stereocenters. The van der Waals surface area contributed by atoms with E-state index in [-0.39, 0.29) is 11.4 Å². The van der Waals surface area contributed by atoms with E-state index in [1.54, 1.807) is 36.9 Å². The first-order valence-electron chi connectivity index (χ1n) is 7.50. The van der Waals surface area contributed by atoms with E-state index in [0.717, 1.165) is 5.69 Å². The number of hydrogen-bond donors (Lipinski definition) is 1. The third-order valence-electron chi connectivity index (χ3n) is 3.66. The molecule has 124 valence electrons. The lowest BCUT2D eigenvalue weighted by Gasteiger charge is -2.08. The molecule has 3 aromatic rings. The highest BCUT2D eigenvalue weighted by molar-refractivity contribution is 7.89. The van der Waals surface area contributed by atoms with Crippen molar-refractivity contribution in [3.8, 4) is 5.69 Å². The van der Waals surface area contributed by atoms with Crippen molar-refractivity contribution in [1.29, 1.82) is 0 Å². The number of hydrogen-bond acceptors (Lipinski definition) is 4. The van der Waals surface area contributed by atoms with Crippen molar-refractivity contribution in [2.45, 2.75) is 25.3 Å². The number of rotatable bonds is 5. The van der Waals surface area contributed by atoms with Crippen molar-refractivity contribution in [2.24, 2.45) is 0 Å². The Morgan fingerprint density at radius 2 is 1.75 bits per heavy atom. The lowest BCUT2D eigenvalue weighted by molar-refractivity contribution is 0.579. The Balaban J connectivity index is 1.92. The van der Waals surface area contributed by atoms with Crippen molar-refractivity contribution in [1.82, 2.24) is 19.5 Å². The average molecular weight is 342 g/mol. The van der Waals surface area contributed by atoms with E-state index in [9.17, 15) is 8.42 Å². The van der Waals surface area contributed by atoms with Gasteiger partial charge in [-0.1, -0.05) is 24.3 Å². The number of benzene rings is 1. The number of nitrogens with zero attached hydrogens (tertiary/aromatic N) is 3. The maximum Gasteiger partial charge on any atom is 0.244 e. The number of sulfonamides is 1. The summed E-state index contributed by atoms with van der Waals surface area (Å²) in [6.45, 7) is 3.59. The summed E-state index contributed by atoms with van der Waals surface area (Å²) in [6.07, 6.45) is 1.63. The Bertz CT molecular complexity index is 935. The summed E-state index contributed by atoms with van der Waals surface area (Å²) in [7, 11) is -3.68. The van der Waals surface area contributed by atoms with E-state index >= 15 is 0 Å². The summed E-state index contributed by atoms with van der Waals surface area (Å²) in [5, 5.41) is 4.38. The first kappa shape index (κ1) is 16.4. The van der Waals surface area contributed by atoms with Gasteiger partial charge in [0.1, 0.15) is 4.90 Å². The third kappa shape index (κ3) is 3.22. The Kier molecular flexibility index (Phi) is 4.46. The number of pyridine rings is 1. The molecule has 0 bridgehead atoms. The molecule has 1 N–H and O–H groups in total. The van der Waals surface area contributed by atoms with Crippen molar-refractivity contribution in [3.05, 3.63) is 71.8 Å². The second-order valence-electron chi connectivity index (χ2n) is 5.39. The molecule has 0 fully saturated rings. The molecule has 24 heavy (non-hydrogen) atoms. The summed E-state index contributed by atoms with van der Waals surface area (Å²) >= 11 is 0. The first-order valence-corrected chi connectivity index (χ1v) is 8.98. The number of para-hydroxylation sites is 1. The van der Waals surface area contributed by atoms with Crippen molar-refractivity contribution in [3.63, 3.8) is 0 Å². The van der Waals surface area contributed by atoms with Crippen LogP contribution in [0.5, 0.6) is 0 Å². The van der Waals surface area contributed by atoms with Crippen LogP contribution in [0.4, 0.5) is 0 Å². The van der Waals surface area contributed by atoms with Crippen LogP contribution in [-0.4, -0.2) is 23.2 Å². The largest absolute Gasteiger partial charge is 0.260 e. The molecule has 0 aliphatic carbocycles. The van der Waals surface area contributed by atoms with Crippen LogP contribution in [0.25, 0.3) is 5.69 Å². The summed E-state index contributed by atoms with van der Waals surface area (Å²) in [6, 6.07) is 14.8. The van der Waals surface area contributed by atoms with Crippen LogP contribution in [-0.2, 0) is 16.6 Å². The Labute approximate surface area is 141 Å². The fourth-order valence-electron chi connectivity index (χ4n) is 2.58. The summed E-state index contributed by atoms with van der Waals surface area (Å²) in [5.41, 5.74) is 2.52. The Hall–Kier alpha value is -2.51. The SMILES string of the molecule is Cc1nn(-c2ccccc2)c(C)c1S(=O)(=O)NCc1ccccn1. The molecule has 0 unspecified atom stereocenters. The van der Waals surface area contributed by atoms with Gasteiger partial charge in [0.05, 0.1) is 29.3 Å². The molecule has 0 aliphatic rings. The van der Waals surface area contributed by atoms with E-state index in [0.29, 0.717) is 17.1 Å². The molecule has 0 aliphatic heterocycles. The standard InChI is InChI=1S/C17H18N4O2S/c1-13-17(14(2)21(20-13)16-9-4-3-5-10-16)24(22,23)19-12-15-8-6-7-11-18-15/h3-11,19H,12H2,1-2H3. The molecule has 2 aromatic heterocycles. The number of nitrogens with one attached hydrogen (secondary N) is 1. The molecule has 3 rings (SSSR count). The number of aromatic nitrogens is 3. The fourth-order valence-corrected chi connectivity index (χ4v) is 3.97. The topological polar surface area (TPSA) is 76.9 Å². The van der Waals surface area contributed by atoms with E-state index in [1.807, 2.05) is 36.4 Å². The van der Waals surface area contributed by atoms with Crippen molar-refractivity contribution >= 4 is 10.0 Å². The molecule has 2 heterocycles. The Morgan fingerprint density at radius 1 is 1.04 bits per heavy atom. The van der Waals surface area contributed by atoms with Crippen LogP contribution < -0.4 is 4.72 Å². The third-order valence-corrected chi connectivity index (χ3v) is 5.32. The molecule has 0 amide bonds. The molecular formula is C17H18N4O2S.